The first-order valence-corrected chi connectivity index (χ1v) is 20.9. The first kappa shape index (κ1) is 40.3. The molecule has 1 heterocycles. The summed E-state index contributed by atoms with van der Waals surface area (Å²) < 4.78 is 19.6. The number of carbonyl (C=O) groups is 1. The lowest BCUT2D eigenvalue weighted by Crippen LogP contribution is -2.44. The minimum Gasteiger partial charge on any atom is -0.493 e. The highest BCUT2D eigenvalue weighted by Gasteiger charge is 2.29. The Kier molecular flexibility index (Phi) is 13.2. The fourth-order valence-electron chi connectivity index (χ4n) is 9.01. The highest BCUT2D eigenvalue weighted by molar-refractivity contribution is 6.32. The Morgan fingerprint density at radius 3 is 2.53 bits per heavy atom. The van der Waals surface area contributed by atoms with Crippen molar-refractivity contribution in [2.24, 2.45) is 5.92 Å². The van der Waals surface area contributed by atoms with Gasteiger partial charge in [0, 0.05) is 55.2 Å². The molecule has 9 heteroatoms. The summed E-state index contributed by atoms with van der Waals surface area (Å²) in [6.07, 6.45) is 8.56. The van der Waals surface area contributed by atoms with Gasteiger partial charge in [-0.25, -0.2) is 4.85 Å². The average Bonchev–Trinajstić information content (AvgIpc) is 3.83. The number of nitrogens with one attached hydrogen (secondary N) is 1. The number of carbonyl (C=O) groups excluding carboxylic acids is 1. The first-order chi connectivity index (χ1) is 27.7. The molecule has 4 aromatic carbocycles. The Balaban J connectivity index is 1.07. The van der Waals surface area contributed by atoms with Gasteiger partial charge in [0.05, 0.1) is 24.3 Å². The zero-order valence-electron chi connectivity index (χ0n) is 33.4. The number of nitriles is 1. The van der Waals surface area contributed by atoms with Crippen LogP contribution in [-0.2, 0) is 24.4 Å². The van der Waals surface area contributed by atoms with Gasteiger partial charge in [0.25, 0.3) is 0 Å². The van der Waals surface area contributed by atoms with Crippen molar-refractivity contribution in [2.75, 3.05) is 19.7 Å². The topological polar surface area (TPSA) is 88.2 Å². The third-order valence-corrected chi connectivity index (χ3v) is 12.4. The van der Waals surface area contributed by atoms with Crippen molar-refractivity contribution < 1.29 is 19.0 Å². The van der Waals surface area contributed by atoms with E-state index in [0.717, 1.165) is 66.8 Å². The molecule has 0 bridgehead atoms. The van der Waals surface area contributed by atoms with Gasteiger partial charge in [0.15, 0.2) is 5.69 Å². The second-order valence-electron chi connectivity index (χ2n) is 16.1. The van der Waals surface area contributed by atoms with Crippen LogP contribution in [-0.4, -0.2) is 42.5 Å². The molecule has 1 N–H and O–H groups in total. The molecular formula is C48H53ClN4O4. The molecule has 1 saturated carbocycles. The van der Waals surface area contributed by atoms with E-state index in [1.807, 2.05) is 12.1 Å². The number of halogens is 1. The zero-order chi connectivity index (χ0) is 39.9. The summed E-state index contributed by atoms with van der Waals surface area (Å²) in [7, 11) is 0. The molecular weight excluding hydrogens is 732 g/mol. The van der Waals surface area contributed by atoms with Crippen molar-refractivity contribution in [1.29, 1.82) is 5.26 Å². The largest absolute Gasteiger partial charge is 0.493 e. The summed E-state index contributed by atoms with van der Waals surface area (Å²) in [5.41, 5.74) is 8.35. The Morgan fingerprint density at radius 1 is 0.947 bits per heavy atom. The highest BCUT2D eigenvalue weighted by Crippen LogP contribution is 2.44. The van der Waals surface area contributed by atoms with E-state index < -0.39 is 0 Å². The third kappa shape index (κ3) is 9.65. The maximum absolute atomic E-state index is 11.9. The average molecular weight is 785 g/mol. The smallest absolute Gasteiger partial charge is 0.188 e. The van der Waals surface area contributed by atoms with E-state index in [1.165, 1.54) is 36.0 Å². The van der Waals surface area contributed by atoms with Crippen LogP contribution in [0.3, 0.4) is 0 Å². The lowest BCUT2D eigenvalue weighted by atomic mass is 9.93. The van der Waals surface area contributed by atoms with E-state index in [1.54, 1.807) is 18.2 Å². The molecule has 4 aromatic rings. The maximum Gasteiger partial charge on any atom is 0.188 e. The molecule has 2 aliphatic carbocycles. The monoisotopic (exact) mass is 784 g/mol. The summed E-state index contributed by atoms with van der Waals surface area (Å²) in [4.78, 5) is 18.0. The van der Waals surface area contributed by atoms with Crippen LogP contribution >= 0.6 is 11.6 Å². The lowest BCUT2D eigenvalue weighted by Gasteiger charge is -2.39. The summed E-state index contributed by atoms with van der Waals surface area (Å²) in [5, 5.41) is 13.5. The van der Waals surface area contributed by atoms with Crippen molar-refractivity contribution in [2.45, 2.75) is 110 Å². The summed E-state index contributed by atoms with van der Waals surface area (Å²) in [6.45, 7) is 17.5. The van der Waals surface area contributed by atoms with Gasteiger partial charge in [-0.15, -0.1) is 0 Å². The van der Waals surface area contributed by atoms with Gasteiger partial charge in [-0.2, -0.15) is 5.26 Å². The number of Topliss-reactive ketones (excluding diaryl/α,β-unsaturated/α-hetero) is 1. The predicted octanol–water partition coefficient (Wildman–Crippen LogP) is 10.9. The van der Waals surface area contributed by atoms with Crippen molar-refractivity contribution >= 4 is 23.1 Å². The van der Waals surface area contributed by atoms with E-state index >= 15 is 0 Å². The van der Waals surface area contributed by atoms with Gasteiger partial charge in [-0.3, -0.25) is 9.69 Å². The van der Waals surface area contributed by atoms with E-state index in [0.29, 0.717) is 77.6 Å². The van der Waals surface area contributed by atoms with Crippen molar-refractivity contribution in [3.05, 3.63) is 117 Å². The number of nitrogens with zero attached hydrogens (tertiary/aromatic N) is 3. The van der Waals surface area contributed by atoms with E-state index in [-0.39, 0.29) is 12.7 Å². The highest BCUT2D eigenvalue weighted by atomic mass is 35.5. The number of hydrogen-bond donors (Lipinski definition) is 1. The lowest BCUT2D eigenvalue weighted by molar-refractivity contribution is -0.117. The number of ether oxygens (including phenoxy) is 3. The van der Waals surface area contributed by atoms with Gasteiger partial charge in [-0.1, -0.05) is 48.4 Å². The first-order valence-electron chi connectivity index (χ1n) is 20.6. The maximum atomic E-state index is 11.9. The number of ketones is 1. The summed E-state index contributed by atoms with van der Waals surface area (Å²) in [6, 6.07) is 25.1. The minimum absolute atomic E-state index is 0.165. The number of fused-ring (bicyclic) bond motifs is 1. The molecule has 7 rings (SSSR count). The fraction of sp³-hybridized carbons (Fsp3) is 0.438. The Morgan fingerprint density at radius 2 is 1.75 bits per heavy atom. The number of piperidine rings is 1. The molecule has 0 spiro atoms. The van der Waals surface area contributed by atoms with Crippen LogP contribution in [0.5, 0.6) is 17.2 Å². The second kappa shape index (κ2) is 18.6. The van der Waals surface area contributed by atoms with Gasteiger partial charge in [-0.05, 0) is 135 Å². The van der Waals surface area contributed by atoms with Crippen LogP contribution in [0, 0.1) is 30.7 Å². The van der Waals surface area contributed by atoms with Crippen LogP contribution in [0.2, 0.25) is 5.02 Å². The van der Waals surface area contributed by atoms with Crippen molar-refractivity contribution in [1.82, 2.24) is 10.2 Å². The predicted molar refractivity (Wildman–Crippen MR) is 225 cm³/mol. The van der Waals surface area contributed by atoms with Gasteiger partial charge in [0.1, 0.15) is 35.7 Å². The molecule has 296 valence electrons. The molecule has 0 radical (unpaired) electrons. The Hall–Kier alpha value is -4.86. The van der Waals surface area contributed by atoms with E-state index in [9.17, 15) is 10.1 Å². The number of hydrogen-bond acceptors (Lipinski definition) is 7. The number of likely N-dealkylation sites (tertiary alicyclic amines) is 1. The van der Waals surface area contributed by atoms with Gasteiger partial charge >= 0.3 is 0 Å². The summed E-state index contributed by atoms with van der Waals surface area (Å²) in [5.74, 6) is 2.73. The molecule has 8 nitrogen and oxygen atoms in total. The molecule has 1 saturated heterocycles. The van der Waals surface area contributed by atoms with Crippen LogP contribution < -0.4 is 19.5 Å². The normalized spacial score (nSPS) is 20.5. The molecule has 3 aliphatic rings. The second-order valence-corrected chi connectivity index (χ2v) is 16.5. The molecule has 4 atom stereocenters. The molecule has 1 aliphatic heterocycles. The molecule has 57 heavy (non-hydrogen) atoms. The fourth-order valence-corrected chi connectivity index (χ4v) is 9.25. The minimum atomic E-state index is -0.193. The van der Waals surface area contributed by atoms with E-state index in [2.05, 4.69) is 78.3 Å². The van der Waals surface area contributed by atoms with Crippen LogP contribution in [0.4, 0.5) is 5.69 Å². The SMILES string of the molecule is [C-]#[N+]c1cc(C#N)cc(COc2cc(O[C@H]3CCc4c(-c5cccc(OCCCN6[C@H](C)CCC[C@@H]6C)c5C)cccc43)c(Cl)cc2CNC[C@H]2CCC(=O)C2)c1. The van der Waals surface area contributed by atoms with Crippen LogP contribution in [0.1, 0.15) is 105 Å². The molecule has 0 aromatic heterocycles. The Labute approximate surface area is 342 Å². The third-order valence-electron chi connectivity index (χ3n) is 12.1. The quantitative estimate of drug-likeness (QED) is 0.0948. The number of benzene rings is 4. The standard InChI is InChI=1S/C48H53ClN4O4/c1-31-9-5-10-32(2)53(31)19-8-20-55-45-14-7-11-40(33(45)3)41-12-6-13-43-42(41)17-18-46(43)57-48-26-47(56-30-36-21-35(27-50)22-38(23-36)51-4)37(25-44(48)49)29-52-28-34-15-16-39(54)24-34/h6-7,11-14,21-23,25-26,31-32,34,46,52H,5,8-10,15-20,24,28-30H2,1-3H3/t31-,32+,34-,46-/m0/s1. The van der Waals surface area contributed by atoms with Crippen molar-refractivity contribution in [3.63, 3.8) is 0 Å². The Bertz CT molecular complexity index is 2130. The number of rotatable bonds is 15. The van der Waals surface area contributed by atoms with Gasteiger partial charge < -0.3 is 19.5 Å². The molecule has 2 fully saturated rings. The van der Waals surface area contributed by atoms with Crippen LogP contribution in [0.25, 0.3) is 16.0 Å². The van der Waals surface area contributed by atoms with Crippen LogP contribution in [0.15, 0.2) is 66.7 Å². The molecule has 0 amide bonds. The molecule has 0 unspecified atom stereocenters. The van der Waals surface area contributed by atoms with E-state index in [4.69, 9.17) is 32.4 Å². The summed E-state index contributed by atoms with van der Waals surface area (Å²) >= 11 is 6.97. The zero-order valence-corrected chi connectivity index (χ0v) is 34.2. The van der Waals surface area contributed by atoms with Crippen molar-refractivity contribution in [3.8, 4) is 34.4 Å². The van der Waals surface area contributed by atoms with Gasteiger partial charge in [0.2, 0.25) is 0 Å².